The molecule has 0 aromatic carbocycles. The topological polar surface area (TPSA) is 35.2 Å². The Hall–Kier alpha value is -0.340. The largest absolute Gasteiger partial charge is 0.375 e. The normalized spacial score (nSPS) is 34.5. The summed E-state index contributed by atoms with van der Waals surface area (Å²) in [4.78, 5) is 0. The minimum atomic E-state index is 0.182. The smallest absolute Gasteiger partial charge is 0.0690 e. The quantitative estimate of drug-likeness (QED) is 0.725. The van der Waals surface area contributed by atoms with Gasteiger partial charge in [0.25, 0.3) is 0 Å². The summed E-state index contributed by atoms with van der Waals surface area (Å²) >= 11 is 0. The first-order chi connectivity index (χ1) is 7.24. The van der Waals surface area contributed by atoms with Crippen LogP contribution in [-0.2, 0) is 4.74 Å². The van der Waals surface area contributed by atoms with Crippen molar-refractivity contribution in [1.82, 2.24) is 0 Å². The van der Waals surface area contributed by atoms with E-state index in [1.54, 1.807) is 0 Å². The summed E-state index contributed by atoms with van der Waals surface area (Å²) in [6.45, 7) is 5.68. The highest BCUT2D eigenvalue weighted by Gasteiger charge is 2.45. The molecule has 2 aliphatic rings. The lowest BCUT2D eigenvalue weighted by molar-refractivity contribution is -0.111. The molecule has 0 aromatic heterocycles. The van der Waals surface area contributed by atoms with Gasteiger partial charge in [0, 0.05) is 6.61 Å². The van der Waals surface area contributed by atoms with Crippen molar-refractivity contribution in [2.45, 2.75) is 50.5 Å². The minimum absolute atomic E-state index is 0.182. The Kier molecular flexibility index (Phi) is 3.17. The molecule has 15 heavy (non-hydrogen) atoms. The van der Waals surface area contributed by atoms with Gasteiger partial charge < -0.3 is 10.5 Å². The van der Waals surface area contributed by atoms with Crippen LogP contribution in [0.25, 0.3) is 0 Å². The van der Waals surface area contributed by atoms with Crippen LogP contribution in [0.3, 0.4) is 0 Å². The lowest BCUT2D eigenvalue weighted by atomic mass is 9.70. The highest BCUT2D eigenvalue weighted by molar-refractivity contribution is 5.04. The molecule has 1 heterocycles. The van der Waals surface area contributed by atoms with E-state index in [9.17, 15) is 0 Å². The van der Waals surface area contributed by atoms with Crippen molar-refractivity contribution in [3.05, 3.63) is 12.7 Å². The van der Waals surface area contributed by atoms with Gasteiger partial charge in [-0.05, 0) is 44.1 Å². The molecule has 2 N–H and O–H groups in total. The first kappa shape index (κ1) is 11.2. The fraction of sp³-hybridized carbons (Fsp3) is 0.846. The molecule has 1 saturated carbocycles. The predicted octanol–water partition coefficient (Wildman–Crippen LogP) is 2.63. The highest BCUT2D eigenvalue weighted by atomic mass is 16.5. The fourth-order valence-electron chi connectivity index (χ4n) is 3.37. The van der Waals surface area contributed by atoms with Gasteiger partial charge in [-0.25, -0.2) is 0 Å². The molecule has 1 atom stereocenters. The van der Waals surface area contributed by atoms with Crippen LogP contribution in [0.2, 0.25) is 0 Å². The molecule has 0 radical (unpaired) electrons. The lowest BCUT2D eigenvalue weighted by Crippen LogP contribution is -2.43. The Bertz CT molecular complexity index is 229. The van der Waals surface area contributed by atoms with E-state index >= 15 is 0 Å². The van der Waals surface area contributed by atoms with Crippen LogP contribution < -0.4 is 5.73 Å². The summed E-state index contributed by atoms with van der Waals surface area (Å²) in [7, 11) is 0. The molecular weight excluding hydrogens is 186 g/mol. The van der Waals surface area contributed by atoms with Crippen molar-refractivity contribution in [3.8, 4) is 0 Å². The summed E-state index contributed by atoms with van der Waals surface area (Å²) < 4.78 is 6.04. The van der Waals surface area contributed by atoms with Crippen molar-refractivity contribution in [1.29, 1.82) is 0 Å². The number of ether oxygens (including phenoxy) is 1. The van der Waals surface area contributed by atoms with Gasteiger partial charge in [-0.3, -0.25) is 0 Å². The zero-order valence-electron chi connectivity index (χ0n) is 9.63. The second-order valence-electron chi connectivity index (χ2n) is 5.27. The van der Waals surface area contributed by atoms with Crippen LogP contribution >= 0.6 is 0 Å². The Morgan fingerprint density at radius 2 is 2.00 bits per heavy atom. The molecule has 1 unspecified atom stereocenters. The van der Waals surface area contributed by atoms with E-state index in [1.165, 1.54) is 25.7 Å². The summed E-state index contributed by atoms with van der Waals surface area (Å²) in [5.74, 6) is 0. The van der Waals surface area contributed by atoms with Crippen molar-refractivity contribution in [2.75, 3.05) is 13.2 Å². The van der Waals surface area contributed by atoms with Gasteiger partial charge in [0.1, 0.15) is 0 Å². The van der Waals surface area contributed by atoms with E-state index in [2.05, 4.69) is 12.7 Å². The Morgan fingerprint density at radius 3 is 2.60 bits per heavy atom. The Labute approximate surface area is 92.9 Å². The number of hydrogen-bond donors (Lipinski definition) is 1. The third-order valence-corrected chi connectivity index (χ3v) is 4.27. The van der Waals surface area contributed by atoms with Crippen LogP contribution in [0, 0.1) is 5.41 Å². The summed E-state index contributed by atoms with van der Waals surface area (Å²) in [6, 6.07) is 0. The zero-order valence-corrected chi connectivity index (χ0v) is 9.63. The molecule has 2 fully saturated rings. The maximum Gasteiger partial charge on any atom is 0.0690 e. The van der Waals surface area contributed by atoms with Gasteiger partial charge in [0.05, 0.1) is 5.60 Å². The summed E-state index contributed by atoms with van der Waals surface area (Å²) in [6.07, 6.45) is 10.6. The molecule has 86 valence electrons. The SMILES string of the molecule is C=CC1(CCN)CCOC2(CCCC2)C1. The van der Waals surface area contributed by atoms with Gasteiger partial charge in [0.15, 0.2) is 0 Å². The molecule has 1 spiro atoms. The number of hydrogen-bond acceptors (Lipinski definition) is 2. The molecule has 1 aliphatic heterocycles. The van der Waals surface area contributed by atoms with Gasteiger partial charge in [0.2, 0.25) is 0 Å². The van der Waals surface area contributed by atoms with Crippen molar-refractivity contribution in [3.63, 3.8) is 0 Å². The third kappa shape index (κ3) is 2.11. The molecule has 2 nitrogen and oxygen atoms in total. The van der Waals surface area contributed by atoms with Crippen molar-refractivity contribution >= 4 is 0 Å². The van der Waals surface area contributed by atoms with Crippen molar-refractivity contribution in [2.24, 2.45) is 11.1 Å². The van der Waals surface area contributed by atoms with Crippen LogP contribution in [0.5, 0.6) is 0 Å². The van der Waals surface area contributed by atoms with Crippen LogP contribution in [0.4, 0.5) is 0 Å². The van der Waals surface area contributed by atoms with E-state index in [-0.39, 0.29) is 11.0 Å². The highest BCUT2D eigenvalue weighted by Crippen LogP contribution is 2.49. The first-order valence-electron chi connectivity index (χ1n) is 6.22. The average Bonchev–Trinajstić information content (AvgIpc) is 2.67. The molecule has 2 heteroatoms. The number of nitrogens with two attached hydrogens (primary N) is 1. The van der Waals surface area contributed by atoms with E-state index in [0.717, 1.165) is 32.4 Å². The van der Waals surface area contributed by atoms with Crippen LogP contribution in [-0.4, -0.2) is 18.8 Å². The van der Waals surface area contributed by atoms with E-state index in [0.29, 0.717) is 0 Å². The molecule has 1 aliphatic carbocycles. The van der Waals surface area contributed by atoms with E-state index in [1.807, 2.05) is 0 Å². The second kappa shape index (κ2) is 4.26. The molecule has 2 rings (SSSR count). The zero-order chi connectivity index (χ0) is 10.8. The van der Waals surface area contributed by atoms with Gasteiger partial charge >= 0.3 is 0 Å². The predicted molar refractivity (Wildman–Crippen MR) is 62.7 cm³/mol. The first-order valence-corrected chi connectivity index (χ1v) is 6.22. The molecule has 0 aromatic rings. The second-order valence-corrected chi connectivity index (χ2v) is 5.27. The summed E-state index contributed by atoms with van der Waals surface area (Å²) in [5.41, 5.74) is 6.16. The monoisotopic (exact) mass is 209 g/mol. The average molecular weight is 209 g/mol. The lowest BCUT2D eigenvalue weighted by Gasteiger charge is -2.45. The van der Waals surface area contributed by atoms with Gasteiger partial charge in [-0.1, -0.05) is 18.9 Å². The molecule has 0 bridgehead atoms. The maximum absolute atomic E-state index is 6.04. The van der Waals surface area contributed by atoms with Crippen molar-refractivity contribution < 1.29 is 4.74 Å². The standard InChI is InChI=1S/C13H23NO/c1-2-12(7-9-14)8-10-15-13(11-12)5-3-4-6-13/h2H,1,3-11,14H2. The van der Waals surface area contributed by atoms with Crippen LogP contribution in [0.15, 0.2) is 12.7 Å². The van der Waals surface area contributed by atoms with Gasteiger partial charge in [-0.2, -0.15) is 0 Å². The Balaban J connectivity index is 2.10. The molecule has 0 amide bonds. The molecule has 1 saturated heterocycles. The van der Waals surface area contributed by atoms with Gasteiger partial charge in [-0.15, -0.1) is 6.58 Å². The van der Waals surface area contributed by atoms with E-state index < -0.39 is 0 Å². The number of rotatable bonds is 3. The molecular formula is C13H23NO. The maximum atomic E-state index is 6.04. The third-order valence-electron chi connectivity index (χ3n) is 4.27. The fourth-order valence-corrected chi connectivity index (χ4v) is 3.37. The minimum Gasteiger partial charge on any atom is -0.375 e. The Morgan fingerprint density at radius 1 is 1.27 bits per heavy atom. The number of allylic oxidation sites excluding steroid dienone is 1. The summed E-state index contributed by atoms with van der Waals surface area (Å²) in [5, 5.41) is 0. The van der Waals surface area contributed by atoms with Crippen LogP contribution in [0.1, 0.15) is 44.9 Å². The van der Waals surface area contributed by atoms with E-state index in [4.69, 9.17) is 10.5 Å².